The molecule has 0 aliphatic heterocycles. The highest BCUT2D eigenvalue weighted by molar-refractivity contribution is 5.81. The maximum atomic E-state index is 11.4. The summed E-state index contributed by atoms with van der Waals surface area (Å²) in [7, 11) is 0. The van der Waals surface area contributed by atoms with Crippen LogP contribution in [0.15, 0.2) is 0 Å². The molecular weight excluding hydrogens is 204 g/mol. The second kappa shape index (κ2) is 9.60. The van der Waals surface area contributed by atoms with E-state index in [0.29, 0.717) is 6.54 Å². The van der Waals surface area contributed by atoms with E-state index in [1.165, 1.54) is 0 Å². The summed E-state index contributed by atoms with van der Waals surface area (Å²) in [6.07, 6.45) is 3.89. The fraction of sp³-hybridized carbons (Fsp3) is 0.917. The lowest BCUT2D eigenvalue weighted by molar-refractivity contribution is -0.122. The third-order valence-corrected chi connectivity index (χ3v) is 2.26. The van der Waals surface area contributed by atoms with Crippen LogP contribution in [0.4, 0.5) is 0 Å². The van der Waals surface area contributed by atoms with Crippen molar-refractivity contribution in [2.45, 2.75) is 58.6 Å². The van der Waals surface area contributed by atoms with Crippen molar-refractivity contribution in [3.05, 3.63) is 0 Å². The Morgan fingerprint density at radius 3 is 2.62 bits per heavy atom. The van der Waals surface area contributed by atoms with Gasteiger partial charge in [-0.15, -0.1) is 0 Å². The smallest absolute Gasteiger partial charge is 0.236 e. The van der Waals surface area contributed by atoms with Crippen LogP contribution in [0.1, 0.15) is 46.5 Å². The van der Waals surface area contributed by atoms with E-state index in [2.05, 4.69) is 5.32 Å². The lowest BCUT2D eigenvalue weighted by Crippen LogP contribution is -2.40. The molecule has 0 saturated carbocycles. The zero-order valence-corrected chi connectivity index (χ0v) is 10.8. The number of unbranched alkanes of at least 4 members (excludes halogenated alkanes) is 1. The molecular formula is C12H26N2O2. The fourth-order valence-corrected chi connectivity index (χ4v) is 1.33. The molecule has 1 atom stereocenters. The van der Waals surface area contributed by atoms with Crippen molar-refractivity contribution in [1.29, 1.82) is 0 Å². The van der Waals surface area contributed by atoms with Gasteiger partial charge < -0.3 is 15.8 Å². The Balaban J connectivity index is 3.34. The number of rotatable bonds is 9. The summed E-state index contributed by atoms with van der Waals surface area (Å²) in [5.41, 5.74) is 5.67. The van der Waals surface area contributed by atoms with Gasteiger partial charge in [-0.2, -0.15) is 0 Å². The Kier molecular flexibility index (Phi) is 9.24. The van der Waals surface area contributed by atoms with Gasteiger partial charge in [0.1, 0.15) is 0 Å². The molecule has 4 nitrogen and oxygen atoms in total. The molecule has 4 heteroatoms. The van der Waals surface area contributed by atoms with Crippen LogP contribution < -0.4 is 11.1 Å². The van der Waals surface area contributed by atoms with Crippen LogP contribution in [0.5, 0.6) is 0 Å². The zero-order valence-electron chi connectivity index (χ0n) is 10.8. The topological polar surface area (TPSA) is 64.4 Å². The minimum absolute atomic E-state index is 0.0355. The molecule has 1 amide bonds. The van der Waals surface area contributed by atoms with E-state index < -0.39 is 0 Å². The van der Waals surface area contributed by atoms with Gasteiger partial charge in [0.25, 0.3) is 0 Å². The van der Waals surface area contributed by atoms with Crippen molar-refractivity contribution < 1.29 is 9.53 Å². The van der Waals surface area contributed by atoms with Gasteiger partial charge in [0, 0.05) is 13.2 Å². The predicted octanol–water partition coefficient (Wildman–Crippen LogP) is 1.44. The average Bonchev–Trinajstić information content (AvgIpc) is 2.22. The molecule has 0 aliphatic rings. The first-order valence-electron chi connectivity index (χ1n) is 6.22. The molecule has 0 aromatic heterocycles. The summed E-state index contributed by atoms with van der Waals surface area (Å²) >= 11 is 0. The summed E-state index contributed by atoms with van der Waals surface area (Å²) in [4.78, 5) is 11.4. The highest BCUT2D eigenvalue weighted by Gasteiger charge is 2.10. The average molecular weight is 230 g/mol. The van der Waals surface area contributed by atoms with E-state index in [4.69, 9.17) is 10.5 Å². The normalized spacial score (nSPS) is 12.8. The van der Waals surface area contributed by atoms with E-state index in [1.54, 1.807) is 0 Å². The van der Waals surface area contributed by atoms with Crippen molar-refractivity contribution >= 4 is 5.91 Å². The van der Waals surface area contributed by atoms with E-state index >= 15 is 0 Å². The monoisotopic (exact) mass is 230 g/mol. The Morgan fingerprint density at radius 1 is 1.38 bits per heavy atom. The Morgan fingerprint density at radius 2 is 2.06 bits per heavy atom. The number of hydrogen-bond acceptors (Lipinski definition) is 3. The van der Waals surface area contributed by atoms with E-state index in [0.717, 1.165) is 32.3 Å². The van der Waals surface area contributed by atoms with E-state index in [9.17, 15) is 4.79 Å². The van der Waals surface area contributed by atoms with Crippen LogP contribution >= 0.6 is 0 Å². The molecule has 0 aliphatic carbocycles. The highest BCUT2D eigenvalue weighted by Crippen LogP contribution is 1.95. The minimum atomic E-state index is -0.350. The molecule has 0 saturated heterocycles. The summed E-state index contributed by atoms with van der Waals surface area (Å²) in [6.45, 7) is 7.51. The number of nitrogens with two attached hydrogens (primary N) is 1. The summed E-state index contributed by atoms with van der Waals surface area (Å²) in [6, 6.07) is -0.350. The number of amides is 1. The maximum absolute atomic E-state index is 11.4. The molecule has 16 heavy (non-hydrogen) atoms. The van der Waals surface area contributed by atoms with Crippen LogP contribution in [-0.4, -0.2) is 31.2 Å². The van der Waals surface area contributed by atoms with Gasteiger partial charge in [0.15, 0.2) is 0 Å². The SMILES string of the molecule is CCCC(N)C(=O)NCCCCOC(C)C. The molecule has 0 bridgehead atoms. The largest absolute Gasteiger partial charge is 0.379 e. The van der Waals surface area contributed by atoms with Gasteiger partial charge in [-0.25, -0.2) is 0 Å². The number of carbonyl (C=O) groups is 1. The minimum Gasteiger partial charge on any atom is -0.379 e. The van der Waals surface area contributed by atoms with E-state index in [1.807, 2.05) is 20.8 Å². The van der Waals surface area contributed by atoms with Gasteiger partial charge in [-0.3, -0.25) is 4.79 Å². The molecule has 1 unspecified atom stereocenters. The van der Waals surface area contributed by atoms with Crippen molar-refractivity contribution in [3.63, 3.8) is 0 Å². The highest BCUT2D eigenvalue weighted by atomic mass is 16.5. The maximum Gasteiger partial charge on any atom is 0.236 e. The predicted molar refractivity (Wildman–Crippen MR) is 66.2 cm³/mol. The zero-order chi connectivity index (χ0) is 12.4. The van der Waals surface area contributed by atoms with Crippen molar-refractivity contribution in [2.75, 3.05) is 13.2 Å². The van der Waals surface area contributed by atoms with Gasteiger partial charge in [0.05, 0.1) is 12.1 Å². The Bertz CT molecular complexity index is 184. The van der Waals surface area contributed by atoms with Gasteiger partial charge >= 0.3 is 0 Å². The molecule has 0 aromatic carbocycles. The molecule has 0 spiro atoms. The van der Waals surface area contributed by atoms with Crippen molar-refractivity contribution in [2.24, 2.45) is 5.73 Å². The van der Waals surface area contributed by atoms with Gasteiger partial charge in [-0.05, 0) is 33.1 Å². The molecule has 0 fully saturated rings. The third kappa shape index (κ3) is 8.68. The molecule has 96 valence electrons. The third-order valence-electron chi connectivity index (χ3n) is 2.26. The molecule has 3 N–H and O–H groups in total. The quantitative estimate of drug-likeness (QED) is 0.589. The lowest BCUT2D eigenvalue weighted by Gasteiger charge is -2.11. The van der Waals surface area contributed by atoms with Crippen LogP contribution in [0.25, 0.3) is 0 Å². The molecule has 0 heterocycles. The van der Waals surface area contributed by atoms with E-state index in [-0.39, 0.29) is 18.1 Å². The van der Waals surface area contributed by atoms with Crippen LogP contribution in [0, 0.1) is 0 Å². The molecule has 0 radical (unpaired) electrons. The second-order valence-corrected chi connectivity index (χ2v) is 4.31. The van der Waals surface area contributed by atoms with Crippen LogP contribution in [-0.2, 0) is 9.53 Å². The lowest BCUT2D eigenvalue weighted by atomic mass is 10.1. The Hall–Kier alpha value is -0.610. The molecule has 0 aromatic rings. The first-order chi connectivity index (χ1) is 7.57. The van der Waals surface area contributed by atoms with Crippen molar-refractivity contribution in [3.8, 4) is 0 Å². The Labute approximate surface area is 98.9 Å². The summed E-state index contributed by atoms with van der Waals surface area (Å²) in [5, 5.41) is 2.84. The fourth-order valence-electron chi connectivity index (χ4n) is 1.33. The summed E-state index contributed by atoms with van der Waals surface area (Å²) < 4.78 is 5.40. The standard InChI is InChI=1S/C12H26N2O2/c1-4-7-11(13)12(15)14-8-5-6-9-16-10(2)3/h10-11H,4-9,13H2,1-3H3,(H,14,15). The first-order valence-corrected chi connectivity index (χ1v) is 6.22. The number of nitrogens with one attached hydrogen (secondary N) is 1. The van der Waals surface area contributed by atoms with Gasteiger partial charge in [-0.1, -0.05) is 13.3 Å². The van der Waals surface area contributed by atoms with Gasteiger partial charge in [0.2, 0.25) is 5.91 Å². The number of hydrogen-bond donors (Lipinski definition) is 2. The van der Waals surface area contributed by atoms with Crippen molar-refractivity contribution in [1.82, 2.24) is 5.32 Å². The molecule has 0 rings (SSSR count). The van der Waals surface area contributed by atoms with Crippen LogP contribution in [0.3, 0.4) is 0 Å². The summed E-state index contributed by atoms with van der Waals surface area (Å²) in [5.74, 6) is -0.0355. The number of carbonyl (C=O) groups excluding carboxylic acids is 1. The first kappa shape index (κ1) is 15.4. The number of ether oxygens (including phenoxy) is 1. The van der Waals surface area contributed by atoms with Crippen LogP contribution in [0.2, 0.25) is 0 Å². The second-order valence-electron chi connectivity index (χ2n) is 4.31.